The van der Waals surface area contributed by atoms with E-state index in [9.17, 15) is 0 Å². The smallest absolute Gasteiger partial charge is 0.0107 e. The van der Waals surface area contributed by atoms with Crippen molar-refractivity contribution in [3.8, 4) is 0 Å². The van der Waals surface area contributed by atoms with Gasteiger partial charge < -0.3 is 10.2 Å². The number of rotatable bonds is 9. The Kier molecular flexibility index (Phi) is 8.72. The van der Waals surface area contributed by atoms with Crippen LogP contribution in [0.1, 0.15) is 66.2 Å². The molecule has 0 radical (unpaired) electrons. The van der Waals surface area contributed by atoms with E-state index in [1.807, 2.05) is 0 Å². The number of hydrogen-bond donors (Lipinski definition) is 1. The maximum absolute atomic E-state index is 3.77. The minimum Gasteiger partial charge on any atom is -0.314 e. The molecule has 2 heteroatoms. The van der Waals surface area contributed by atoms with Crippen molar-refractivity contribution in [1.82, 2.24) is 10.2 Å². The molecule has 0 heterocycles. The first-order valence-corrected chi connectivity index (χ1v) is 8.70. The second-order valence-corrected chi connectivity index (χ2v) is 6.18. The van der Waals surface area contributed by atoms with E-state index in [0.717, 1.165) is 24.4 Å². The predicted molar refractivity (Wildman–Crippen MR) is 85.6 cm³/mol. The summed E-state index contributed by atoms with van der Waals surface area (Å²) in [5, 5.41) is 3.77. The third-order valence-electron chi connectivity index (χ3n) is 5.09. The van der Waals surface area contributed by atoms with Crippen LogP contribution in [0.4, 0.5) is 0 Å². The molecular formula is C17H36N2. The van der Waals surface area contributed by atoms with Crippen LogP contribution in [-0.4, -0.2) is 37.1 Å². The summed E-state index contributed by atoms with van der Waals surface area (Å²) in [5.74, 6) is 1.92. The van der Waals surface area contributed by atoms with Gasteiger partial charge in [0.25, 0.3) is 0 Å². The Balaban J connectivity index is 2.45. The van der Waals surface area contributed by atoms with Crippen LogP contribution in [0.15, 0.2) is 0 Å². The molecule has 114 valence electrons. The topological polar surface area (TPSA) is 15.3 Å². The highest BCUT2D eigenvalue weighted by Gasteiger charge is 2.27. The predicted octanol–water partition coefficient (Wildman–Crippen LogP) is 3.91. The third kappa shape index (κ3) is 5.83. The molecule has 1 aliphatic rings. The minimum absolute atomic E-state index is 0.750. The Morgan fingerprint density at radius 3 is 2.42 bits per heavy atom. The quantitative estimate of drug-likeness (QED) is 0.682. The summed E-state index contributed by atoms with van der Waals surface area (Å²) in [6, 6.07) is 0.750. The molecule has 0 aromatic carbocycles. The van der Waals surface area contributed by atoms with Crippen LogP contribution in [0.25, 0.3) is 0 Å². The first-order chi connectivity index (χ1) is 9.24. The van der Waals surface area contributed by atoms with Crippen molar-refractivity contribution in [3.05, 3.63) is 0 Å². The Hall–Kier alpha value is -0.0800. The summed E-state index contributed by atoms with van der Waals surface area (Å²) in [7, 11) is 0. The van der Waals surface area contributed by atoms with Gasteiger partial charge >= 0.3 is 0 Å². The highest BCUT2D eigenvalue weighted by atomic mass is 15.1. The van der Waals surface area contributed by atoms with E-state index in [0.29, 0.717) is 0 Å². The van der Waals surface area contributed by atoms with E-state index < -0.39 is 0 Å². The molecule has 1 N–H and O–H groups in total. The first-order valence-electron chi connectivity index (χ1n) is 8.70. The van der Waals surface area contributed by atoms with Crippen LogP contribution < -0.4 is 5.32 Å². The molecule has 0 aromatic rings. The fourth-order valence-electron chi connectivity index (χ4n) is 3.70. The zero-order chi connectivity index (χ0) is 14.1. The Labute approximate surface area is 121 Å². The van der Waals surface area contributed by atoms with E-state index in [-0.39, 0.29) is 0 Å². The largest absolute Gasteiger partial charge is 0.314 e. The summed E-state index contributed by atoms with van der Waals surface area (Å²) in [6.07, 6.45) is 8.55. The lowest BCUT2D eigenvalue weighted by molar-refractivity contribution is 0.186. The number of nitrogens with one attached hydrogen (secondary N) is 1. The maximum atomic E-state index is 3.77. The lowest BCUT2D eigenvalue weighted by atomic mass is 9.76. The van der Waals surface area contributed by atoms with Crippen LogP contribution >= 0.6 is 0 Å². The Morgan fingerprint density at radius 2 is 1.84 bits per heavy atom. The number of nitrogens with zero attached hydrogens (tertiary/aromatic N) is 1. The van der Waals surface area contributed by atoms with Gasteiger partial charge in [0.05, 0.1) is 0 Å². The van der Waals surface area contributed by atoms with E-state index in [4.69, 9.17) is 0 Å². The molecule has 0 amide bonds. The number of hydrogen-bond acceptors (Lipinski definition) is 2. The molecule has 2 nitrogen and oxygen atoms in total. The molecule has 1 fully saturated rings. The molecule has 0 aliphatic heterocycles. The second kappa shape index (κ2) is 9.77. The Bertz CT molecular complexity index is 213. The summed E-state index contributed by atoms with van der Waals surface area (Å²) in [4.78, 5) is 2.56. The van der Waals surface area contributed by atoms with Crippen LogP contribution in [0, 0.1) is 11.8 Å². The van der Waals surface area contributed by atoms with Gasteiger partial charge in [0.1, 0.15) is 0 Å². The van der Waals surface area contributed by atoms with Crippen LogP contribution in [0.2, 0.25) is 0 Å². The normalized spacial score (nSPS) is 25.7. The van der Waals surface area contributed by atoms with Gasteiger partial charge in [-0.1, -0.05) is 47.0 Å². The van der Waals surface area contributed by atoms with Crippen molar-refractivity contribution in [3.63, 3.8) is 0 Å². The average Bonchev–Trinajstić information content (AvgIpc) is 2.47. The molecule has 1 rings (SSSR count). The van der Waals surface area contributed by atoms with E-state index in [1.54, 1.807) is 0 Å². The van der Waals surface area contributed by atoms with E-state index in [2.05, 4.69) is 37.9 Å². The van der Waals surface area contributed by atoms with Gasteiger partial charge in [-0.25, -0.2) is 0 Å². The van der Waals surface area contributed by atoms with Crippen molar-refractivity contribution in [2.24, 2.45) is 11.8 Å². The van der Waals surface area contributed by atoms with Gasteiger partial charge in [0.2, 0.25) is 0 Å². The summed E-state index contributed by atoms with van der Waals surface area (Å²) in [5.41, 5.74) is 0. The molecule has 19 heavy (non-hydrogen) atoms. The zero-order valence-corrected chi connectivity index (χ0v) is 13.8. The van der Waals surface area contributed by atoms with Crippen LogP contribution in [0.3, 0.4) is 0 Å². The fourth-order valence-corrected chi connectivity index (χ4v) is 3.70. The monoisotopic (exact) mass is 268 g/mol. The molecule has 3 unspecified atom stereocenters. The molecule has 1 aliphatic carbocycles. The average molecular weight is 268 g/mol. The second-order valence-electron chi connectivity index (χ2n) is 6.18. The van der Waals surface area contributed by atoms with Crippen molar-refractivity contribution in [2.45, 2.75) is 72.3 Å². The summed E-state index contributed by atoms with van der Waals surface area (Å²) >= 11 is 0. The van der Waals surface area contributed by atoms with Gasteiger partial charge in [0.15, 0.2) is 0 Å². The van der Waals surface area contributed by atoms with Gasteiger partial charge in [-0.05, 0) is 57.3 Å². The SMILES string of the molecule is CCNC(CCN(CC)CC)C1CCCC(CC)C1. The van der Waals surface area contributed by atoms with Gasteiger partial charge in [-0.15, -0.1) is 0 Å². The fraction of sp³-hybridized carbons (Fsp3) is 1.00. The molecule has 1 saturated carbocycles. The summed E-state index contributed by atoms with van der Waals surface area (Å²) in [6.45, 7) is 13.9. The highest BCUT2D eigenvalue weighted by molar-refractivity contribution is 4.82. The van der Waals surface area contributed by atoms with E-state index in [1.165, 1.54) is 58.2 Å². The molecule has 0 aromatic heterocycles. The van der Waals surface area contributed by atoms with Crippen molar-refractivity contribution < 1.29 is 0 Å². The van der Waals surface area contributed by atoms with Crippen LogP contribution in [0.5, 0.6) is 0 Å². The van der Waals surface area contributed by atoms with Crippen molar-refractivity contribution >= 4 is 0 Å². The maximum Gasteiger partial charge on any atom is 0.0107 e. The van der Waals surface area contributed by atoms with Crippen LogP contribution in [-0.2, 0) is 0 Å². The Morgan fingerprint density at radius 1 is 1.11 bits per heavy atom. The molecular weight excluding hydrogens is 232 g/mol. The highest BCUT2D eigenvalue weighted by Crippen LogP contribution is 2.33. The van der Waals surface area contributed by atoms with Crippen molar-refractivity contribution in [1.29, 1.82) is 0 Å². The van der Waals surface area contributed by atoms with Gasteiger partial charge in [-0.2, -0.15) is 0 Å². The lowest BCUT2D eigenvalue weighted by Gasteiger charge is -2.35. The molecule has 0 spiro atoms. The van der Waals surface area contributed by atoms with Crippen molar-refractivity contribution in [2.75, 3.05) is 26.2 Å². The molecule has 3 atom stereocenters. The molecule has 0 bridgehead atoms. The van der Waals surface area contributed by atoms with Gasteiger partial charge in [0, 0.05) is 6.04 Å². The lowest BCUT2D eigenvalue weighted by Crippen LogP contribution is -2.41. The standard InChI is InChI=1S/C17H36N2/c1-5-15-10-9-11-16(14-15)17(18-6-2)12-13-19(7-3)8-4/h15-18H,5-14H2,1-4H3. The summed E-state index contributed by atoms with van der Waals surface area (Å²) < 4.78 is 0. The van der Waals surface area contributed by atoms with Gasteiger partial charge in [-0.3, -0.25) is 0 Å². The third-order valence-corrected chi connectivity index (χ3v) is 5.09. The molecule has 0 saturated heterocycles. The zero-order valence-electron chi connectivity index (χ0n) is 13.8. The van der Waals surface area contributed by atoms with E-state index >= 15 is 0 Å². The first kappa shape index (κ1) is 17.0. The minimum atomic E-state index is 0.750.